The molecule has 0 aromatic carbocycles. The number of likely N-dealkylation sites (tertiary alicyclic amines) is 1. The predicted octanol–water partition coefficient (Wildman–Crippen LogP) is 2.98. The third-order valence-corrected chi connectivity index (χ3v) is 4.49. The minimum Gasteiger partial charge on any atom is -0.487 e. The summed E-state index contributed by atoms with van der Waals surface area (Å²) < 4.78 is 11.2. The average molecular weight is 355 g/mol. The van der Waals surface area contributed by atoms with E-state index in [9.17, 15) is 4.79 Å². The van der Waals surface area contributed by atoms with Crippen LogP contribution < -0.4 is 10.1 Å². The predicted molar refractivity (Wildman–Crippen MR) is 100 cm³/mol. The molecule has 0 radical (unpaired) electrons. The van der Waals surface area contributed by atoms with E-state index in [1.54, 1.807) is 23.2 Å². The molecule has 0 spiro atoms. The van der Waals surface area contributed by atoms with Crippen LogP contribution in [0.1, 0.15) is 35.9 Å². The third kappa shape index (κ3) is 4.73. The number of amides is 1. The molecule has 6 heteroatoms. The van der Waals surface area contributed by atoms with Crippen molar-refractivity contribution in [3.8, 4) is 5.75 Å². The molecule has 3 heterocycles. The van der Waals surface area contributed by atoms with Gasteiger partial charge in [-0.2, -0.15) is 0 Å². The zero-order valence-corrected chi connectivity index (χ0v) is 15.2. The highest BCUT2D eigenvalue weighted by Gasteiger charge is 2.29. The van der Waals surface area contributed by atoms with Crippen LogP contribution in [0.25, 0.3) is 6.08 Å². The van der Waals surface area contributed by atoms with Crippen molar-refractivity contribution in [2.45, 2.75) is 31.9 Å². The number of aromatic nitrogens is 1. The molecule has 2 aromatic heterocycles. The summed E-state index contributed by atoms with van der Waals surface area (Å²) in [6.45, 7) is 3.36. The first-order valence-corrected chi connectivity index (χ1v) is 8.94. The van der Waals surface area contributed by atoms with Crippen LogP contribution in [0.15, 0.2) is 47.3 Å². The molecule has 0 aliphatic carbocycles. The number of carbonyl (C=O) groups excluding carboxylic acids is 1. The lowest BCUT2D eigenvalue weighted by Gasteiger charge is -2.16. The van der Waals surface area contributed by atoms with Gasteiger partial charge in [-0.3, -0.25) is 9.78 Å². The van der Waals surface area contributed by atoms with E-state index < -0.39 is 0 Å². The lowest BCUT2D eigenvalue weighted by molar-refractivity contribution is 0.0741. The number of nitrogens with zero attached hydrogens (tertiary/aromatic N) is 2. The molecule has 0 saturated carbocycles. The Bertz CT molecular complexity index is 743. The van der Waals surface area contributed by atoms with E-state index in [1.165, 1.54) is 6.26 Å². The van der Waals surface area contributed by atoms with Crippen LogP contribution in [0.3, 0.4) is 0 Å². The van der Waals surface area contributed by atoms with Crippen molar-refractivity contribution < 1.29 is 13.9 Å². The van der Waals surface area contributed by atoms with Gasteiger partial charge in [0.2, 0.25) is 0 Å². The van der Waals surface area contributed by atoms with Gasteiger partial charge in [0.15, 0.2) is 5.76 Å². The van der Waals surface area contributed by atoms with Gasteiger partial charge in [0.25, 0.3) is 5.91 Å². The number of furan rings is 1. The molecule has 138 valence electrons. The number of hydrogen-bond donors (Lipinski definition) is 1. The fraction of sp³-hybridized carbons (Fsp3) is 0.400. The Morgan fingerprint density at radius 3 is 3.19 bits per heavy atom. The normalized spacial score (nSPS) is 18.4. The molecule has 1 aliphatic heterocycles. The third-order valence-electron chi connectivity index (χ3n) is 4.49. The van der Waals surface area contributed by atoms with Gasteiger partial charge in [0.1, 0.15) is 11.9 Å². The quantitative estimate of drug-likeness (QED) is 0.827. The first kappa shape index (κ1) is 18.2. The molecule has 0 unspecified atom stereocenters. The molecule has 1 fully saturated rings. The van der Waals surface area contributed by atoms with Crippen molar-refractivity contribution in [3.63, 3.8) is 0 Å². The van der Waals surface area contributed by atoms with E-state index in [-0.39, 0.29) is 12.0 Å². The van der Waals surface area contributed by atoms with Gasteiger partial charge in [-0.25, -0.2) is 0 Å². The smallest absolute Gasteiger partial charge is 0.289 e. The molecule has 3 rings (SSSR count). The summed E-state index contributed by atoms with van der Waals surface area (Å²) in [6, 6.07) is 5.82. The fourth-order valence-corrected chi connectivity index (χ4v) is 2.87. The van der Waals surface area contributed by atoms with Crippen LogP contribution in [0.2, 0.25) is 0 Å². The van der Waals surface area contributed by atoms with E-state index in [0.29, 0.717) is 24.9 Å². The molecule has 1 saturated heterocycles. The standard InChI is InChI=1S/C20H25N3O3/c1-15(21-2)5-3-6-16-11-18(13-22-12-16)26-17-8-9-23(14-17)20(24)19-7-4-10-25-19/h3-4,6-7,10-13,15,17,21H,5,8-9,14H2,1-2H3/b6-3+/t15-,17+/m0/s1. The molecule has 0 bridgehead atoms. The van der Waals surface area contributed by atoms with Gasteiger partial charge in [0.05, 0.1) is 19.0 Å². The largest absolute Gasteiger partial charge is 0.487 e. The zero-order valence-electron chi connectivity index (χ0n) is 15.2. The molecule has 1 aliphatic rings. The molecule has 6 nitrogen and oxygen atoms in total. The maximum absolute atomic E-state index is 12.3. The summed E-state index contributed by atoms with van der Waals surface area (Å²) in [4.78, 5) is 18.3. The van der Waals surface area contributed by atoms with Crippen molar-refractivity contribution in [1.29, 1.82) is 0 Å². The number of nitrogens with one attached hydrogen (secondary N) is 1. The summed E-state index contributed by atoms with van der Waals surface area (Å²) in [5.74, 6) is 1.01. The van der Waals surface area contributed by atoms with E-state index in [2.05, 4.69) is 29.4 Å². The topological polar surface area (TPSA) is 67.6 Å². The second kappa shape index (κ2) is 8.67. The second-order valence-electron chi connectivity index (χ2n) is 6.54. The Hall–Kier alpha value is -2.60. The first-order chi connectivity index (χ1) is 12.7. The summed E-state index contributed by atoms with van der Waals surface area (Å²) in [7, 11) is 1.95. The highest BCUT2D eigenvalue weighted by molar-refractivity contribution is 5.91. The molecule has 1 amide bonds. The second-order valence-corrected chi connectivity index (χ2v) is 6.54. The van der Waals surface area contributed by atoms with Crippen LogP contribution in [-0.4, -0.2) is 48.1 Å². The molecular weight excluding hydrogens is 330 g/mol. The van der Waals surface area contributed by atoms with Crippen molar-refractivity contribution in [1.82, 2.24) is 15.2 Å². The van der Waals surface area contributed by atoms with E-state index in [1.807, 2.05) is 19.3 Å². The maximum Gasteiger partial charge on any atom is 0.289 e. The van der Waals surface area contributed by atoms with Gasteiger partial charge in [0, 0.05) is 25.2 Å². The van der Waals surface area contributed by atoms with Crippen molar-refractivity contribution in [2.24, 2.45) is 0 Å². The van der Waals surface area contributed by atoms with E-state index in [0.717, 1.165) is 24.2 Å². The molecule has 26 heavy (non-hydrogen) atoms. The number of pyridine rings is 1. The molecule has 2 aromatic rings. The lowest BCUT2D eigenvalue weighted by Crippen LogP contribution is -2.30. The minimum atomic E-state index is -0.0884. The Morgan fingerprint density at radius 1 is 1.54 bits per heavy atom. The first-order valence-electron chi connectivity index (χ1n) is 8.94. The van der Waals surface area contributed by atoms with Crippen LogP contribution in [0.5, 0.6) is 5.75 Å². The molecule has 1 N–H and O–H groups in total. The van der Waals surface area contributed by atoms with Gasteiger partial charge >= 0.3 is 0 Å². The Labute approximate surface area is 153 Å². The average Bonchev–Trinajstić information content (AvgIpc) is 3.33. The zero-order chi connectivity index (χ0) is 18.4. The van der Waals surface area contributed by atoms with Crippen molar-refractivity contribution in [3.05, 3.63) is 54.3 Å². The Balaban J connectivity index is 1.55. The van der Waals surface area contributed by atoms with Gasteiger partial charge in [-0.05, 0) is 44.2 Å². The SMILES string of the molecule is CN[C@@H](C)C/C=C/c1cncc(O[C@@H]2CCN(C(=O)c3ccco3)C2)c1. The van der Waals surface area contributed by atoms with Crippen molar-refractivity contribution in [2.75, 3.05) is 20.1 Å². The van der Waals surface area contributed by atoms with Crippen LogP contribution in [0.4, 0.5) is 0 Å². The van der Waals surface area contributed by atoms with Gasteiger partial charge in [-0.15, -0.1) is 0 Å². The number of carbonyl (C=O) groups is 1. The summed E-state index contributed by atoms with van der Waals surface area (Å²) in [6.07, 6.45) is 10.9. The molecule has 2 atom stereocenters. The van der Waals surface area contributed by atoms with E-state index >= 15 is 0 Å². The Morgan fingerprint density at radius 2 is 2.42 bits per heavy atom. The fourth-order valence-electron chi connectivity index (χ4n) is 2.87. The minimum absolute atomic E-state index is 0.0285. The summed E-state index contributed by atoms with van der Waals surface area (Å²) in [5.41, 5.74) is 1.01. The molecular formula is C20H25N3O3. The van der Waals surface area contributed by atoms with Crippen LogP contribution in [0, 0.1) is 0 Å². The number of ether oxygens (including phenoxy) is 1. The highest BCUT2D eigenvalue weighted by Crippen LogP contribution is 2.21. The number of rotatable bonds is 7. The van der Waals surface area contributed by atoms with Gasteiger partial charge in [-0.1, -0.05) is 12.2 Å². The summed E-state index contributed by atoms with van der Waals surface area (Å²) in [5, 5.41) is 3.20. The van der Waals surface area contributed by atoms with Gasteiger partial charge < -0.3 is 19.4 Å². The highest BCUT2D eigenvalue weighted by atomic mass is 16.5. The maximum atomic E-state index is 12.3. The Kier molecular flexibility index (Phi) is 6.07. The van der Waals surface area contributed by atoms with Crippen LogP contribution in [-0.2, 0) is 0 Å². The lowest BCUT2D eigenvalue weighted by atomic mass is 10.2. The van der Waals surface area contributed by atoms with Crippen molar-refractivity contribution >= 4 is 12.0 Å². The van der Waals surface area contributed by atoms with E-state index in [4.69, 9.17) is 9.15 Å². The number of hydrogen-bond acceptors (Lipinski definition) is 5. The summed E-state index contributed by atoms with van der Waals surface area (Å²) >= 11 is 0. The monoisotopic (exact) mass is 355 g/mol. The van der Waals surface area contributed by atoms with Crippen LogP contribution >= 0.6 is 0 Å².